The van der Waals surface area contributed by atoms with Gasteiger partial charge in [-0.05, 0) is 12.1 Å². The Bertz CT molecular complexity index is 673. The molecule has 96 valence electrons. The molecular formula is C8H6F2N4O2S2. The summed E-state index contributed by atoms with van der Waals surface area (Å²) in [5, 5.41) is -0.0581. The lowest BCUT2D eigenvalue weighted by Crippen LogP contribution is -2.15. The number of hydrogen-bond donors (Lipinski definition) is 2. The van der Waals surface area contributed by atoms with Crippen LogP contribution in [0.3, 0.4) is 0 Å². The summed E-state index contributed by atoms with van der Waals surface area (Å²) in [4.78, 5) is 2.69. The third-order valence-corrected chi connectivity index (χ3v) is 3.95. The van der Waals surface area contributed by atoms with Gasteiger partial charge in [-0.15, -0.1) is 0 Å². The fourth-order valence-corrected chi connectivity index (χ4v) is 2.95. The fraction of sp³-hybridized carbons (Fsp3) is 0. The molecule has 0 amide bonds. The molecule has 0 saturated heterocycles. The van der Waals surface area contributed by atoms with Gasteiger partial charge in [0.15, 0.2) is 5.82 Å². The predicted octanol–water partition coefficient (Wildman–Crippen LogP) is 1.20. The Kier molecular flexibility index (Phi) is 3.13. The Morgan fingerprint density at radius 2 is 2.06 bits per heavy atom. The van der Waals surface area contributed by atoms with Crippen molar-refractivity contribution in [1.29, 1.82) is 0 Å². The molecule has 2 rings (SSSR count). The van der Waals surface area contributed by atoms with Crippen molar-refractivity contribution >= 4 is 32.4 Å². The molecule has 1 aromatic heterocycles. The summed E-state index contributed by atoms with van der Waals surface area (Å²) in [6.07, 6.45) is 1.12. The molecule has 0 saturated carbocycles. The number of benzene rings is 1. The van der Waals surface area contributed by atoms with Gasteiger partial charge in [0, 0.05) is 11.5 Å². The van der Waals surface area contributed by atoms with Gasteiger partial charge in [-0.3, -0.25) is 4.72 Å². The summed E-state index contributed by atoms with van der Waals surface area (Å²) in [5.74, 6) is -2.17. The van der Waals surface area contributed by atoms with Crippen molar-refractivity contribution in [2.75, 3.05) is 10.5 Å². The second-order valence-electron chi connectivity index (χ2n) is 3.16. The van der Waals surface area contributed by atoms with Crippen LogP contribution < -0.4 is 10.5 Å². The maximum absolute atomic E-state index is 13.6. The molecule has 0 aliphatic heterocycles. The van der Waals surface area contributed by atoms with Crippen LogP contribution in [-0.2, 0) is 10.0 Å². The van der Waals surface area contributed by atoms with Crippen LogP contribution in [0.1, 0.15) is 0 Å². The lowest BCUT2D eigenvalue weighted by molar-refractivity contribution is 0.559. The average molecular weight is 292 g/mol. The topological polar surface area (TPSA) is 98.0 Å². The Hall–Kier alpha value is -1.81. The molecule has 2 aromatic rings. The number of aromatic nitrogens is 2. The van der Waals surface area contributed by atoms with E-state index in [2.05, 4.69) is 9.36 Å². The standard InChI is InChI=1S/C8H6F2N4O2S2/c9-4-1-5(11)7(10)6(2-4)18(15,16)14-8-12-3-13-17-8/h1-3H,11H2,(H,12,13,14). The number of nitrogens with two attached hydrogens (primary N) is 1. The van der Waals surface area contributed by atoms with E-state index in [0.29, 0.717) is 12.1 Å². The monoisotopic (exact) mass is 292 g/mol. The molecule has 0 radical (unpaired) electrons. The number of hydrogen-bond acceptors (Lipinski definition) is 6. The first-order chi connectivity index (χ1) is 8.40. The third kappa shape index (κ3) is 2.38. The molecule has 0 bridgehead atoms. The van der Waals surface area contributed by atoms with E-state index in [9.17, 15) is 17.2 Å². The minimum atomic E-state index is -4.30. The van der Waals surface area contributed by atoms with E-state index in [4.69, 9.17) is 5.73 Å². The third-order valence-electron chi connectivity index (χ3n) is 1.90. The van der Waals surface area contributed by atoms with Crippen LogP contribution in [0, 0.1) is 11.6 Å². The summed E-state index contributed by atoms with van der Waals surface area (Å²) in [5.41, 5.74) is 4.57. The lowest BCUT2D eigenvalue weighted by Gasteiger charge is -2.07. The summed E-state index contributed by atoms with van der Waals surface area (Å²) in [6, 6.07) is 1.23. The van der Waals surface area contributed by atoms with Crippen LogP contribution in [0.15, 0.2) is 23.4 Å². The second kappa shape index (κ2) is 4.46. The summed E-state index contributed by atoms with van der Waals surface area (Å²) in [7, 11) is -4.30. The van der Waals surface area contributed by atoms with Gasteiger partial charge in [-0.25, -0.2) is 22.2 Å². The summed E-state index contributed by atoms with van der Waals surface area (Å²) < 4.78 is 55.7. The van der Waals surface area contributed by atoms with Crippen LogP contribution in [-0.4, -0.2) is 17.8 Å². The second-order valence-corrected chi connectivity index (χ2v) is 5.59. The number of anilines is 2. The molecule has 0 fully saturated rings. The minimum absolute atomic E-state index is 0.0581. The highest BCUT2D eigenvalue weighted by atomic mass is 32.2. The first-order valence-electron chi connectivity index (χ1n) is 4.44. The highest BCUT2D eigenvalue weighted by Crippen LogP contribution is 2.24. The van der Waals surface area contributed by atoms with Crippen LogP contribution >= 0.6 is 11.5 Å². The molecule has 18 heavy (non-hydrogen) atoms. The first kappa shape index (κ1) is 12.6. The number of sulfonamides is 1. The van der Waals surface area contributed by atoms with E-state index in [1.165, 1.54) is 0 Å². The highest BCUT2D eigenvalue weighted by Gasteiger charge is 2.23. The Morgan fingerprint density at radius 3 is 2.67 bits per heavy atom. The quantitative estimate of drug-likeness (QED) is 0.828. The maximum Gasteiger partial charge on any atom is 0.266 e. The molecule has 0 aliphatic carbocycles. The van der Waals surface area contributed by atoms with Crippen molar-refractivity contribution < 1.29 is 17.2 Å². The van der Waals surface area contributed by atoms with Gasteiger partial charge in [0.1, 0.15) is 17.0 Å². The molecule has 1 heterocycles. The maximum atomic E-state index is 13.6. The van der Waals surface area contributed by atoms with E-state index < -0.39 is 32.2 Å². The van der Waals surface area contributed by atoms with Crippen molar-refractivity contribution in [1.82, 2.24) is 9.36 Å². The number of rotatable bonds is 3. The van der Waals surface area contributed by atoms with Crippen molar-refractivity contribution in [2.24, 2.45) is 0 Å². The average Bonchev–Trinajstić information content (AvgIpc) is 2.75. The molecule has 0 spiro atoms. The largest absolute Gasteiger partial charge is 0.396 e. The SMILES string of the molecule is Nc1cc(F)cc(S(=O)(=O)Nc2ncns2)c1F. The van der Waals surface area contributed by atoms with Crippen molar-refractivity contribution in [3.8, 4) is 0 Å². The van der Waals surface area contributed by atoms with Gasteiger partial charge in [-0.1, -0.05) is 0 Å². The fourth-order valence-electron chi connectivity index (χ4n) is 1.17. The van der Waals surface area contributed by atoms with E-state index in [1.807, 2.05) is 4.72 Å². The van der Waals surface area contributed by atoms with E-state index in [0.717, 1.165) is 17.9 Å². The highest BCUT2D eigenvalue weighted by molar-refractivity contribution is 7.93. The zero-order valence-corrected chi connectivity index (χ0v) is 10.2. The predicted molar refractivity (Wildman–Crippen MR) is 61.5 cm³/mol. The van der Waals surface area contributed by atoms with Crippen molar-refractivity contribution in [3.63, 3.8) is 0 Å². The normalized spacial score (nSPS) is 11.4. The smallest absolute Gasteiger partial charge is 0.266 e. The van der Waals surface area contributed by atoms with Gasteiger partial charge in [-0.2, -0.15) is 4.37 Å². The molecule has 0 unspecified atom stereocenters. The molecular weight excluding hydrogens is 286 g/mol. The minimum Gasteiger partial charge on any atom is -0.396 e. The van der Waals surface area contributed by atoms with Gasteiger partial charge in [0.2, 0.25) is 5.13 Å². The Morgan fingerprint density at radius 1 is 1.33 bits per heavy atom. The first-order valence-corrected chi connectivity index (χ1v) is 6.70. The van der Waals surface area contributed by atoms with E-state index in [-0.39, 0.29) is 5.13 Å². The number of halogens is 2. The molecule has 3 N–H and O–H groups in total. The lowest BCUT2D eigenvalue weighted by atomic mass is 10.3. The van der Waals surface area contributed by atoms with Crippen LogP contribution in [0.4, 0.5) is 19.6 Å². The van der Waals surface area contributed by atoms with Gasteiger partial charge in [0.05, 0.1) is 5.69 Å². The molecule has 6 nitrogen and oxygen atoms in total. The Labute approximate surface area is 105 Å². The van der Waals surface area contributed by atoms with E-state index >= 15 is 0 Å². The molecule has 1 aromatic carbocycles. The van der Waals surface area contributed by atoms with Crippen LogP contribution in [0.5, 0.6) is 0 Å². The van der Waals surface area contributed by atoms with Gasteiger partial charge >= 0.3 is 0 Å². The zero-order chi connectivity index (χ0) is 13.3. The summed E-state index contributed by atoms with van der Waals surface area (Å²) in [6.45, 7) is 0. The number of nitrogens with one attached hydrogen (secondary N) is 1. The molecule has 10 heteroatoms. The van der Waals surface area contributed by atoms with E-state index in [1.54, 1.807) is 0 Å². The van der Waals surface area contributed by atoms with Crippen LogP contribution in [0.25, 0.3) is 0 Å². The summed E-state index contributed by atoms with van der Waals surface area (Å²) >= 11 is 0.760. The van der Waals surface area contributed by atoms with Crippen molar-refractivity contribution in [2.45, 2.75) is 4.90 Å². The zero-order valence-electron chi connectivity index (χ0n) is 8.59. The Balaban J connectivity index is 2.48. The van der Waals surface area contributed by atoms with Gasteiger partial charge in [0.25, 0.3) is 10.0 Å². The van der Waals surface area contributed by atoms with Crippen molar-refractivity contribution in [3.05, 3.63) is 30.1 Å². The van der Waals surface area contributed by atoms with Gasteiger partial charge < -0.3 is 5.73 Å². The molecule has 0 atom stereocenters. The van der Waals surface area contributed by atoms with Crippen LogP contribution in [0.2, 0.25) is 0 Å². The molecule has 0 aliphatic rings. The number of nitrogen functional groups attached to an aromatic ring is 1. The number of nitrogens with zero attached hydrogens (tertiary/aromatic N) is 2.